The fourth-order valence-electron chi connectivity index (χ4n) is 3.87. The molecular formula is C19H20FN3O2. The topological polar surface area (TPSA) is 71.2 Å². The molecule has 2 N–H and O–H groups in total. The zero-order chi connectivity index (χ0) is 17.6. The van der Waals surface area contributed by atoms with E-state index in [2.05, 4.69) is 9.97 Å². The lowest BCUT2D eigenvalue weighted by molar-refractivity contribution is 0.00683. The Labute approximate surface area is 144 Å². The number of aromatic nitrogens is 3. The van der Waals surface area contributed by atoms with Crippen molar-refractivity contribution in [1.82, 2.24) is 14.5 Å². The first kappa shape index (κ1) is 16.2. The van der Waals surface area contributed by atoms with Gasteiger partial charge in [-0.1, -0.05) is 12.1 Å². The van der Waals surface area contributed by atoms with E-state index >= 15 is 0 Å². The zero-order valence-electron chi connectivity index (χ0n) is 13.9. The summed E-state index contributed by atoms with van der Waals surface area (Å²) in [6.07, 6.45) is 2.95. The lowest BCUT2D eigenvalue weighted by Gasteiger charge is -2.19. The van der Waals surface area contributed by atoms with Crippen LogP contribution in [0.2, 0.25) is 0 Å². The molecular weight excluding hydrogens is 321 g/mol. The Balaban J connectivity index is 1.61. The van der Waals surface area contributed by atoms with Gasteiger partial charge in [0.25, 0.3) is 0 Å². The molecule has 0 saturated heterocycles. The number of hydrogen-bond donors (Lipinski definition) is 2. The van der Waals surface area contributed by atoms with Crippen LogP contribution in [-0.2, 0) is 6.42 Å². The molecule has 0 amide bonds. The molecule has 25 heavy (non-hydrogen) atoms. The molecule has 2 aromatic heterocycles. The molecule has 130 valence electrons. The first-order chi connectivity index (χ1) is 12.0. The normalized spacial score (nSPS) is 26.4. The molecule has 0 bridgehead atoms. The van der Waals surface area contributed by atoms with Gasteiger partial charge >= 0.3 is 0 Å². The second-order valence-electron chi connectivity index (χ2n) is 6.79. The molecule has 4 rings (SSSR count). The standard InChI is InChI=1S/C19H20FN3O2/c1-11-15-6-7-23(19(15)22-10-21-11)16-9-13(17(24)18(16)25)8-12-2-4-14(20)5-3-12/h2-7,10,13,16-18,24-25H,8-9H2,1H3/t13-,16-,17+,18-/m0/s1. The average molecular weight is 341 g/mol. The highest BCUT2D eigenvalue weighted by Gasteiger charge is 2.42. The van der Waals surface area contributed by atoms with Gasteiger partial charge in [-0.25, -0.2) is 14.4 Å². The first-order valence-electron chi connectivity index (χ1n) is 8.43. The van der Waals surface area contributed by atoms with Gasteiger partial charge < -0.3 is 14.8 Å². The summed E-state index contributed by atoms with van der Waals surface area (Å²) in [5, 5.41) is 22.0. The van der Waals surface area contributed by atoms with Gasteiger partial charge in [-0.3, -0.25) is 0 Å². The number of hydrogen-bond acceptors (Lipinski definition) is 4. The number of benzene rings is 1. The number of halogens is 1. The molecule has 1 saturated carbocycles. The molecule has 1 fully saturated rings. The van der Waals surface area contributed by atoms with Gasteiger partial charge in [0.2, 0.25) is 0 Å². The molecule has 5 nitrogen and oxygen atoms in total. The molecule has 0 radical (unpaired) electrons. The minimum Gasteiger partial charge on any atom is -0.390 e. The van der Waals surface area contributed by atoms with E-state index in [1.165, 1.54) is 18.5 Å². The predicted octanol–water partition coefficient (Wildman–Crippen LogP) is 2.40. The van der Waals surface area contributed by atoms with Crippen molar-refractivity contribution in [3.8, 4) is 0 Å². The van der Waals surface area contributed by atoms with Crippen LogP contribution in [0.5, 0.6) is 0 Å². The second-order valence-corrected chi connectivity index (χ2v) is 6.79. The van der Waals surface area contributed by atoms with Crippen LogP contribution in [-0.4, -0.2) is 37.0 Å². The quantitative estimate of drug-likeness (QED) is 0.767. The molecule has 6 heteroatoms. The summed E-state index contributed by atoms with van der Waals surface area (Å²) in [5.41, 5.74) is 2.61. The van der Waals surface area contributed by atoms with Crippen LogP contribution in [0, 0.1) is 18.7 Å². The maximum Gasteiger partial charge on any atom is 0.143 e. The van der Waals surface area contributed by atoms with Gasteiger partial charge in [0.1, 0.15) is 23.9 Å². The molecule has 1 aliphatic rings. The summed E-state index contributed by atoms with van der Waals surface area (Å²) in [4.78, 5) is 8.53. The Bertz CT molecular complexity index is 893. The monoisotopic (exact) mass is 341 g/mol. The maximum absolute atomic E-state index is 13.1. The van der Waals surface area contributed by atoms with E-state index in [0.29, 0.717) is 12.8 Å². The van der Waals surface area contributed by atoms with Crippen molar-refractivity contribution in [2.75, 3.05) is 0 Å². The maximum atomic E-state index is 13.1. The Hall–Kier alpha value is -2.31. The smallest absolute Gasteiger partial charge is 0.143 e. The predicted molar refractivity (Wildman–Crippen MR) is 91.5 cm³/mol. The number of aliphatic hydroxyl groups is 2. The van der Waals surface area contributed by atoms with E-state index in [9.17, 15) is 14.6 Å². The third kappa shape index (κ3) is 2.81. The van der Waals surface area contributed by atoms with Crippen LogP contribution in [0.1, 0.15) is 23.7 Å². The van der Waals surface area contributed by atoms with Crippen molar-refractivity contribution in [2.45, 2.75) is 38.0 Å². The second kappa shape index (κ2) is 6.20. The van der Waals surface area contributed by atoms with Gasteiger partial charge in [-0.2, -0.15) is 0 Å². The largest absolute Gasteiger partial charge is 0.390 e. The summed E-state index contributed by atoms with van der Waals surface area (Å²) in [5.74, 6) is -0.367. The van der Waals surface area contributed by atoms with Crippen LogP contribution in [0.25, 0.3) is 11.0 Å². The van der Waals surface area contributed by atoms with Crippen molar-refractivity contribution in [2.24, 2.45) is 5.92 Å². The molecule has 4 atom stereocenters. The van der Waals surface area contributed by atoms with Crippen molar-refractivity contribution in [1.29, 1.82) is 0 Å². The van der Waals surface area contributed by atoms with Crippen LogP contribution >= 0.6 is 0 Å². The van der Waals surface area contributed by atoms with E-state index in [0.717, 1.165) is 22.3 Å². The van der Waals surface area contributed by atoms with Crippen LogP contribution < -0.4 is 0 Å². The Morgan fingerprint density at radius 3 is 2.64 bits per heavy atom. The third-order valence-corrected chi connectivity index (χ3v) is 5.25. The first-order valence-corrected chi connectivity index (χ1v) is 8.43. The van der Waals surface area contributed by atoms with Crippen LogP contribution in [0.3, 0.4) is 0 Å². The van der Waals surface area contributed by atoms with Crippen molar-refractivity contribution < 1.29 is 14.6 Å². The summed E-state index contributed by atoms with van der Waals surface area (Å²) < 4.78 is 15.0. The SMILES string of the molecule is Cc1ncnc2c1ccn2[C@H]1C[C@H](Cc2ccc(F)cc2)[C@@H](O)[C@H]1O. The summed E-state index contributed by atoms with van der Waals surface area (Å²) in [7, 11) is 0. The van der Waals surface area contributed by atoms with Gasteiger partial charge in [-0.15, -0.1) is 0 Å². The van der Waals surface area contributed by atoms with E-state index < -0.39 is 12.2 Å². The van der Waals surface area contributed by atoms with Gasteiger partial charge in [-0.05, 0) is 49.4 Å². The number of aryl methyl sites for hydroxylation is 1. The molecule has 2 heterocycles. The van der Waals surface area contributed by atoms with Crippen LogP contribution in [0.4, 0.5) is 4.39 Å². The highest BCUT2D eigenvalue weighted by molar-refractivity contribution is 5.78. The summed E-state index contributed by atoms with van der Waals surface area (Å²) in [6, 6.07) is 7.99. The van der Waals surface area contributed by atoms with Crippen molar-refractivity contribution in [3.05, 3.63) is 59.9 Å². The highest BCUT2D eigenvalue weighted by atomic mass is 19.1. The fraction of sp³-hybridized carbons (Fsp3) is 0.368. The Morgan fingerprint density at radius 1 is 1.12 bits per heavy atom. The lowest BCUT2D eigenvalue weighted by atomic mass is 9.96. The molecule has 0 spiro atoms. The molecule has 0 aliphatic heterocycles. The van der Waals surface area contributed by atoms with Gasteiger partial charge in [0.15, 0.2) is 0 Å². The van der Waals surface area contributed by atoms with E-state index in [4.69, 9.17) is 0 Å². The molecule has 3 aromatic rings. The zero-order valence-corrected chi connectivity index (χ0v) is 13.9. The highest BCUT2D eigenvalue weighted by Crippen LogP contribution is 2.38. The number of aliphatic hydroxyl groups excluding tert-OH is 2. The lowest BCUT2D eigenvalue weighted by Crippen LogP contribution is -2.30. The van der Waals surface area contributed by atoms with E-state index in [-0.39, 0.29) is 17.8 Å². The molecule has 1 aliphatic carbocycles. The number of rotatable bonds is 3. The van der Waals surface area contributed by atoms with E-state index in [1.54, 1.807) is 12.1 Å². The Kier molecular flexibility index (Phi) is 4.01. The summed E-state index contributed by atoms with van der Waals surface area (Å²) >= 11 is 0. The minimum absolute atomic E-state index is 0.0918. The van der Waals surface area contributed by atoms with Crippen molar-refractivity contribution in [3.63, 3.8) is 0 Å². The van der Waals surface area contributed by atoms with E-state index in [1.807, 2.05) is 23.8 Å². The minimum atomic E-state index is -0.865. The van der Waals surface area contributed by atoms with Crippen LogP contribution in [0.15, 0.2) is 42.9 Å². The van der Waals surface area contributed by atoms with Crippen molar-refractivity contribution >= 4 is 11.0 Å². The average Bonchev–Trinajstić information content (AvgIpc) is 3.14. The molecule has 1 aromatic carbocycles. The van der Waals surface area contributed by atoms with Gasteiger partial charge in [0.05, 0.1) is 17.8 Å². The number of nitrogens with zero attached hydrogens (tertiary/aromatic N) is 3. The third-order valence-electron chi connectivity index (χ3n) is 5.25. The Morgan fingerprint density at radius 2 is 1.88 bits per heavy atom. The molecule has 0 unspecified atom stereocenters. The fourth-order valence-corrected chi connectivity index (χ4v) is 3.87. The summed E-state index contributed by atoms with van der Waals surface area (Å²) in [6.45, 7) is 1.92. The van der Waals surface area contributed by atoms with Gasteiger partial charge in [0, 0.05) is 11.6 Å². The number of fused-ring (bicyclic) bond motifs is 1.